The zero-order valence-corrected chi connectivity index (χ0v) is 10.4. The van der Waals surface area contributed by atoms with Crippen molar-refractivity contribution in [2.45, 2.75) is 19.4 Å². The molecule has 1 aromatic rings. The molecule has 4 N–H and O–H groups in total. The molecule has 0 saturated carbocycles. The van der Waals surface area contributed by atoms with Crippen LogP contribution in [0, 0.1) is 5.82 Å². The first-order chi connectivity index (χ1) is 8.61. The van der Waals surface area contributed by atoms with Gasteiger partial charge in [0.05, 0.1) is 22.4 Å². The van der Waals surface area contributed by atoms with Gasteiger partial charge < -0.3 is 20.6 Å². The average molecular weight is 271 g/mol. The van der Waals surface area contributed by atoms with Crippen LogP contribution in [0.1, 0.15) is 34.6 Å². The van der Waals surface area contributed by atoms with Gasteiger partial charge in [-0.25, -0.2) is 14.0 Å². The summed E-state index contributed by atoms with van der Waals surface area (Å²) < 4.78 is 13.6. The van der Waals surface area contributed by atoms with Crippen molar-refractivity contribution in [3.05, 3.63) is 29.1 Å². The number of aromatic carboxylic acids is 2. The Morgan fingerprint density at radius 1 is 1.21 bits per heavy atom. The van der Waals surface area contributed by atoms with Crippen LogP contribution < -0.4 is 5.32 Å². The number of carboxylic acids is 2. The van der Waals surface area contributed by atoms with E-state index in [-0.39, 0.29) is 12.2 Å². The molecule has 1 rings (SSSR count). The number of benzene rings is 1. The lowest BCUT2D eigenvalue weighted by Crippen LogP contribution is -2.29. The third-order valence-electron chi connectivity index (χ3n) is 2.28. The van der Waals surface area contributed by atoms with Gasteiger partial charge >= 0.3 is 11.9 Å². The van der Waals surface area contributed by atoms with Gasteiger partial charge in [0.2, 0.25) is 0 Å². The lowest BCUT2D eigenvalue weighted by atomic mass is 10.1. The maximum Gasteiger partial charge on any atom is 0.336 e. The van der Waals surface area contributed by atoms with E-state index >= 15 is 0 Å². The number of hydrogen-bond donors (Lipinski definition) is 4. The fourth-order valence-electron chi connectivity index (χ4n) is 1.37. The SMILES string of the molecule is CC(C)(O)CNc1cc(C(=O)O)c(C(=O)O)cc1F. The van der Waals surface area contributed by atoms with E-state index in [4.69, 9.17) is 10.2 Å². The van der Waals surface area contributed by atoms with Crippen molar-refractivity contribution in [1.82, 2.24) is 0 Å². The second-order valence-corrected chi connectivity index (χ2v) is 4.65. The molecular formula is C12H14FNO5. The second-order valence-electron chi connectivity index (χ2n) is 4.65. The van der Waals surface area contributed by atoms with Crippen LogP contribution in [-0.4, -0.2) is 39.4 Å². The first-order valence-electron chi connectivity index (χ1n) is 5.38. The lowest BCUT2D eigenvalue weighted by molar-refractivity contribution is 0.0651. The molecule has 0 amide bonds. The highest BCUT2D eigenvalue weighted by Gasteiger charge is 2.21. The third kappa shape index (κ3) is 3.92. The number of carbonyl (C=O) groups is 2. The zero-order valence-electron chi connectivity index (χ0n) is 10.4. The minimum Gasteiger partial charge on any atom is -0.478 e. The Morgan fingerprint density at radius 3 is 2.11 bits per heavy atom. The number of anilines is 1. The van der Waals surface area contributed by atoms with E-state index < -0.39 is 34.5 Å². The summed E-state index contributed by atoms with van der Waals surface area (Å²) in [6.07, 6.45) is 0. The summed E-state index contributed by atoms with van der Waals surface area (Å²) in [6, 6.07) is 1.53. The minimum absolute atomic E-state index is 0.0185. The van der Waals surface area contributed by atoms with Gasteiger partial charge in [0, 0.05) is 6.54 Å². The van der Waals surface area contributed by atoms with Gasteiger partial charge in [-0.05, 0) is 26.0 Å². The molecule has 0 atom stereocenters. The average Bonchev–Trinajstić information content (AvgIpc) is 2.25. The third-order valence-corrected chi connectivity index (χ3v) is 2.28. The number of halogens is 1. The molecule has 7 heteroatoms. The van der Waals surface area contributed by atoms with Crippen molar-refractivity contribution in [3.63, 3.8) is 0 Å². The van der Waals surface area contributed by atoms with E-state index in [9.17, 15) is 19.1 Å². The summed E-state index contributed by atoms with van der Waals surface area (Å²) in [7, 11) is 0. The van der Waals surface area contributed by atoms with Crippen LogP contribution in [0.3, 0.4) is 0 Å². The molecule has 0 aliphatic heterocycles. The topological polar surface area (TPSA) is 107 Å². The Labute approximate surface area is 108 Å². The molecule has 0 spiro atoms. The Balaban J connectivity index is 3.18. The summed E-state index contributed by atoms with van der Waals surface area (Å²) in [4.78, 5) is 21.7. The molecular weight excluding hydrogens is 257 g/mol. The highest BCUT2D eigenvalue weighted by atomic mass is 19.1. The summed E-state index contributed by atoms with van der Waals surface area (Å²) >= 11 is 0. The lowest BCUT2D eigenvalue weighted by Gasteiger charge is -2.19. The molecule has 0 bridgehead atoms. The molecule has 0 heterocycles. The fourth-order valence-corrected chi connectivity index (χ4v) is 1.37. The molecule has 104 valence electrons. The van der Waals surface area contributed by atoms with Crippen LogP contribution in [0.15, 0.2) is 12.1 Å². The largest absolute Gasteiger partial charge is 0.478 e. The Kier molecular flexibility index (Phi) is 4.10. The van der Waals surface area contributed by atoms with Crippen molar-refractivity contribution >= 4 is 17.6 Å². The van der Waals surface area contributed by atoms with Crippen molar-refractivity contribution in [2.75, 3.05) is 11.9 Å². The molecule has 0 aliphatic carbocycles. The van der Waals surface area contributed by atoms with Crippen molar-refractivity contribution in [1.29, 1.82) is 0 Å². The van der Waals surface area contributed by atoms with Gasteiger partial charge in [-0.2, -0.15) is 0 Å². The maximum atomic E-state index is 13.6. The van der Waals surface area contributed by atoms with Crippen molar-refractivity contribution in [3.8, 4) is 0 Å². The van der Waals surface area contributed by atoms with Gasteiger partial charge in [-0.15, -0.1) is 0 Å². The van der Waals surface area contributed by atoms with Crippen LogP contribution >= 0.6 is 0 Å². The first kappa shape index (κ1) is 14.9. The molecule has 0 unspecified atom stereocenters. The second kappa shape index (κ2) is 5.23. The summed E-state index contributed by atoms with van der Waals surface area (Å²) in [5.41, 5.74) is -2.45. The predicted molar refractivity (Wildman–Crippen MR) is 65.1 cm³/mol. The molecule has 6 nitrogen and oxygen atoms in total. The van der Waals surface area contributed by atoms with E-state index in [1.54, 1.807) is 0 Å². The van der Waals surface area contributed by atoms with Gasteiger partial charge in [-0.1, -0.05) is 0 Å². The van der Waals surface area contributed by atoms with Crippen LogP contribution in [0.25, 0.3) is 0 Å². The van der Waals surface area contributed by atoms with Crippen molar-refractivity contribution < 1.29 is 29.3 Å². The Hall–Kier alpha value is -2.15. The smallest absolute Gasteiger partial charge is 0.336 e. The quantitative estimate of drug-likeness (QED) is 0.645. The molecule has 0 aliphatic rings. The number of rotatable bonds is 5. The van der Waals surface area contributed by atoms with Crippen LogP contribution in [0.4, 0.5) is 10.1 Å². The zero-order chi connectivity index (χ0) is 14.8. The number of aliphatic hydroxyl groups is 1. The summed E-state index contributed by atoms with van der Waals surface area (Å²) in [5.74, 6) is -3.89. The van der Waals surface area contributed by atoms with E-state index in [1.165, 1.54) is 13.8 Å². The number of carboxylic acid groups (broad SMARTS) is 2. The molecule has 0 fully saturated rings. The van der Waals surface area contributed by atoms with E-state index in [1.807, 2.05) is 0 Å². The number of nitrogens with one attached hydrogen (secondary N) is 1. The van der Waals surface area contributed by atoms with E-state index in [0.29, 0.717) is 6.07 Å². The van der Waals surface area contributed by atoms with Crippen LogP contribution in [-0.2, 0) is 0 Å². The summed E-state index contributed by atoms with van der Waals surface area (Å²) in [5, 5.41) is 29.7. The van der Waals surface area contributed by atoms with Gasteiger partial charge in [-0.3, -0.25) is 0 Å². The van der Waals surface area contributed by atoms with Crippen LogP contribution in [0.5, 0.6) is 0 Å². The Morgan fingerprint density at radius 2 is 1.68 bits per heavy atom. The molecule has 19 heavy (non-hydrogen) atoms. The molecule has 0 saturated heterocycles. The highest BCUT2D eigenvalue weighted by Crippen LogP contribution is 2.21. The monoisotopic (exact) mass is 271 g/mol. The first-order valence-corrected chi connectivity index (χ1v) is 5.38. The molecule has 0 radical (unpaired) electrons. The maximum absolute atomic E-state index is 13.6. The summed E-state index contributed by atoms with van der Waals surface area (Å²) in [6.45, 7) is 2.96. The van der Waals surface area contributed by atoms with Gasteiger partial charge in [0.15, 0.2) is 0 Å². The van der Waals surface area contributed by atoms with Crippen LogP contribution in [0.2, 0.25) is 0 Å². The fraction of sp³-hybridized carbons (Fsp3) is 0.333. The van der Waals surface area contributed by atoms with E-state index in [2.05, 4.69) is 5.32 Å². The normalized spacial score (nSPS) is 11.2. The van der Waals surface area contributed by atoms with Crippen molar-refractivity contribution in [2.24, 2.45) is 0 Å². The van der Waals surface area contributed by atoms with Gasteiger partial charge in [0.25, 0.3) is 0 Å². The van der Waals surface area contributed by atoms with E-state index in [0.717, 1.165) is 6.07 Å². The number of hydrogen-bond acceptors (Lipinski definition) is 4. The standard InChI is InChI=1S/C12H14FNO5/c1-12(2,19)5-14-9-4-7(11(17)18)6(10(15)16)3-8(9)13/h3-4,14,19H,5H2,1-2H3,(H,15,16)(H,17,18). The molecule has 1 aromatic carbocycles. The minimum atomic E-state index is -1.52. The molecule has 0 aromatic heterocycles. The van der Waals surface area contributed by atoms with Gasteiger partial charge in [0.1, 0.15) is 5.82 Å². The predicted octanol–water partition coefficient (Wildman–Crippen LogP) is 1.40. The Bertz CT molecular complexity index is 522. The highest BCUT2D eigenvalue weighted by molar-refractivity contribution is 6.02.